The van der Waals surface area contributed by atoms with Crippen LogP contribution in [0.1, 0.15) is 23.1 Å². The third kappa shape index (κ3) is 4.95. The van der Waals surface area contributed by atoms with Gasteiger partial charge in [-0.15, -0.1) is 0 Å². The van der Waals surface area contributed by atoms with Crippen molar-refractivity contribution in [3.63, 3.8) is 0 Å². The monoisotopic (exact) mass is 449 g/mol. The van der Waals surface area contributed by atoms with Gasteiger partial charge >= 0.3 is 12.4 Å². The number of rotatable bonds is 4. The van der Waals surface area contributed by atoms with Crippen LogP contribution in [0.4, 0.5) is 35.1 Å². The van der Waals surface area contributed by atoms with E-state index in [-0.39, 0.29) is 20.2 Å². The fourth-order valence-electron chi connectivity index (χ4n) is 2.78. The van der Waals surface area contributed by atoms with E-state index in [0.717, 1.165) is 48.5 Å². The molecule has 0 aliphatic carbocycles. The molecule has 0 heterocycles. The zero-order valence-corrected chi connectivity index (χ0v) is 15.8. The van der Waals surface area contributed by atoms with Crippen LogP contribution in [0, 0.1) is 0 Å². The molecule has 30 heavy (non-hydrogen) atoms. The van der Waals surface area contributed by atoms with Gasteiger partial charge in [0.25, 0.3) is 6.43 Å². The molecule has 0 atom stereocenters. The van der Waals surface area contributed by atoms with Crippen LogP contribution in [0.25, 0.3) is 0 Å². The summed E-state index contributed by atoms with van der Waals surface area (Å²) in [7, 11) is -1.46. The second-order valence-corrected chi connectivity index (χ2v) is 8.26. The molecule has 0 nitrogen and oxygen atoms in total. The zero-order chi connectivity index (χ0) is 22.1. The molecule has 0 unspecified atom stereocenters. The largest absolute Gasteiger partial charge is 0.416 e. The third-order valence-corrected chi connectivity index (χ3v) is 6.32. The van der Waals surface area contributed by atoms with Crippen molar-refractivity contribution >= 4 is 10.9 Å². The average molecular weight is 449 g/mol. The number of halogens is 8. The van der Waals surface area contributed by atoms with E-state index in [0.29, 0.717) is 0 Å². The Hall–Kier alpha value is -2.55. The highest BCUT2D eigenvalue weighted by Crippen LogP contribution is 2.38. The fourth-order valence-corrected chi connectivity index (χ4v) is 4.99. The van der Waals surface area contributed by atoms with Crippen molar-refractivity contribution in [3.8, 4) is 0 Å². The normalized spacial score (nSPS) is 12.6. The summed E-state index contributed by atoms with van der Waals surface area (Å²) in [5.41, 5.74) is -2.33. The lowest BCUT2D eigenvalue weighted by molar-refractivity contribution is -0.138. The maximum atomic E-state index is 13.2. The van der Waals surface area contributed by atoms with Gasteiger partial charge in [-0.05, 0) is 30.3 Å². The van der Waals surface area contributed by atoms with Crippen molar-refractivity contribution < 1.29 is 35.1 Å². The van der Waals surface area contributed by atoms with E-state index in [1.807, 2.05) is 0 Å². The van der Waals surface area contributed by atoms with E-state index in [4.69, 9.17) is 0 Å². The van der Waals surface area contributed by atoms with Crippen LogP contribution < -0.4 is 0 Å². The van der Waals surface area contributed by atoms with Gasteiger partial charge in [0.15, 0.2) is 14.7 Å². The molecule has 0 fully saturated rings. The van der Waals surface area contributed by atoms with Gasteiger partial charge in [-0.2, -0.15) is 26.3 Å². The van der Waals surface area contributed by atoms with Gasteiger partial charge in [0.1, 0.15) is 0 Å². The summed E-state index contributed by atoms with van der Waals surface area (Å²) in [5, 5.41) is 0. The highest BCUT2D eigenvalue weighted by molar-refractivity contribution is 7.97. The summed E-state index contributed by atoms with van der Waals surface area (Å²) >= 11 is 0. The first kappa shape index (κ1) is 22.1. The molecule has 3 rings (SSSR count). The predicted molar refractivity (Wildman–Crippen MR) is 96.5 cm³/mol. The van der Waals surface area contributed by atoms with Crippen LogP contribution in [0.3, 0.4) is 0 Å². The lowest BCUT2D eigenvalue weighted by Gasteiger charge is -2.13. The molecule has 0 aliphatic heterocycles. The highest BCUT2D eigenvalue weighted by Gasteiger charge is 2.37. The Labute approximate surface area is 169 Å². The smallest absolute Gasteiger partial charge is 0.205 e. The molecule has 0 bridgehead atoms. The standard InChI is InChI=1S/C21H13F8S/c22-19(23)13-4-1-7-16(10-13)30(17-8-2-5-14(11-17)20(24,25)26)18-9-3-6-15(12-18)21(27,28)29/h1-12,19H/q+1. The average Bonchev–Trinajstić information content (AvgIpc) is 2.68. The quantitative estimate of drug-likeness (QED) is 0.282. The molecule has 158 valence electrons. The van der Waals surface area contributed by atoms with Gasteiger partial charge in [-0.1, -0.05) is 24.3 Å². The van der Waals surface area contributed by atoms with Crippen LogP contribution in [0.2, 0.25) is 0 Å². The molecule has 3 aromatic rings. The molecule has 3 aromatic carbocycles. The Kier molecular flexibility index (Phi) is 6.12. The summed E-state index contributed by atoms with van der Waals surface area (Å²) in [6.45, 7) is 0. The second-order valence-electron chi connectivity index (χ2n) is 6.23. The molecule has 0 aromatic heterocycles. The van der Waals surface area contributed by atoms with E-state index in [1.54, 1.807) is 0 Å². The Morgan fingerprint density at radius 1 is 0.567 bits per heavy atom. The summed E-state index contributed by atoms with van der Waals surface area (Å²) in [4.78, 5) is 0.317. The minimum Gasteiger partial charge on any atom is -0.205 e. The second kappa shape index (κ2) is 8.29. The van der Waals surface area contributed by atoms with Crippen LogP contribution in [0.5, 0.6) is 0 Å². The van der Waals surface area contributed by atoms with E-state index in [2.05, 4.69) is 0 Å². The van der Waals surface area contributed by atoms with Gasteiger partial charge in [-0.25, -0.2) is 8.78 Å². The number of hydrogen-bond donors (Lipinski definition) is 0. The highest BCUT2D eigenvalue weighted by atomic mass is 32.2. The summed E-state index contributed by atoms with van der Waals surface area (Å²) in [6.07, 6.45) is -12.2. The minimum atomic E-state index is -4.66. The van der Waals surface area contributed by atoms with Crippen molar-refractivity contribution in [2.75, 3.05) is 0 Å². The van der Waals surface area contributed by atoms with Crippen LogP contribution >= 0.6 is 0 Å². The maximum absolute atomic E-state index is 13.2. The van der Waals surface area contributed by atoms with E-state index >= 15 is 0 Å². The molecule has 0 saturated carbocycles. The third-order valence-electron chi connectivity index (χ3n) is 4.14. The molecule has 0 saturated heterocycles. The predicted octanol–water partition coefficient (Wildman–Crippen LogP) is 7.76. The Bertz CT molecular complexity index is 966. The topological polar surface area (TPSA) is 0 Å². The van der Waals surface area contributed by atoms with Gasteiger partial charge < -0.3 is 0 Å². The van der Waals surface area contributed by atoms with Gasteiger partial charge in [0, 0.05) is 23.8 Å². The van der Waals surface area contributed by atoms with Crippen LogP contribution in [-0.2, 0) is 23.2 Å². The first-order valence-electron chi connectivity index (χ1n) is 8.44. The number of hydrogen-bond acceptors (Lipinski definition) is 0. The molecular weight excluding hydrogens is 436 g/mol. The first-order valence-corrected chi connectivity index (χ1v) is 9.66. The van der Waals surface area contributed by atoms with Crippen molar-refractivity contribution in [2.45, 2.75) is 33.5 Å². The van der Waals surface area contributed by atoms with Gasteiger partial charge in [0.05, 0.1) is 22.0 Å². The summed E-state index contributed by atoms with van der Waals surface area (Å²) in [5.74, 6) is 0. The number of benzene rings is 3. The Morgan fingerprint density at radius 3 is 1.37 bits per heavy atom. The molecule has 0 N–H and O–H groups in total. The molecule has 0 amide bonds. The molecule has 0 aliphatic rings. The minimum absolute atomic E-state index is 0.0653. The van der Waals surface area contributed by atoms with E-state index < -0.39 is 40.8 Å². The van der Waals surface area contributed by atoms with Crippen molar-refractivity contribution in [1.29, 1.82) is 0 Å². The SMILES string of the molecule is FC(F)c1cccc([S+](c2cccc(C(F)(F)F)c2)c2cccc(C(F)(F)F)c2)c1. The van der Waals surface area contributed by atoms with Crippen LogP contribution in [0.15, 0.2) is 87.5 Å². The van der Waals surface area contributed by atoms with E-state index in [9.17, 15) is 35.1 Å². The molecule has 0 spiro atoms. The first-order chi connectivity index (χ1) is 14.0. The maximum Gasteiger partial charge on any atom is 0.416 e. The zero-order valence-electron chi connectivity index (χ0n) is 14.9. The Balaban J connectivity index is 2.22. The van der Waals surface area contributed by atoms with Crippen molar-refractivity contribution in [1.82, 2.24) is 0 Å². The Morgan fingerprint density at radius 2 is 0.967 bits per heavy atom. The summed E-state index contributed by atoms with van der Waals surface area (Å²) < 4.78 is 105. The molecule has 9 heteroatoms. The van der Waals surface area contributed by atoms with Crippen molar-refractivity contribution in [3.05, 3.63) is 89.5 Å². The molecular formula is C21H13F8S+. The lowest BCUT2D eigenvalue weighted by atomic mass is 10.2. The van der Waals surface area contributed by atoms with E-state index in [1.165, 1.54) is 24.3 Å². The lowest BCUT2D eigenvalue weighted by Crippen LogP contribution is -2.11. The van der Waals surface area contributed by atoms with Crippen molar-refractivity contribution in [2.24, 2.45) is 0 Å². The summed E-state index contributed by atoms with van der Waals surface area (Å²) in [6, 6.07) is 13.3. The fraction of sp³-hybridized carbons (Fsp3) is 0.143. The molecule has 0 radical (unpaired) electrons. The van der Waals surface area contributed by atoms with Crippen LogP contribution in [-0.4, -0.2) is 0 Å². The van der Waals surface area contributed by atoms with Gasteiger partial charge in [-0.3, -0.25) is 0 Å². The van der Waals surface area contributed by atoms with Gasteiger partial charge in [0.2, 0.25) is 0 Å². The number of alkyl halides is 8.